The summed E-state index contributed by atoms with van der Waals surface area (Å²) < 4.78 is 45.4. The second-order valence-corrected chi connectivity index (χ2v) is 14.8. The molecular weight excluding hydrogens is 800 g/mol. The maximum atomic E-state index is 14.9. The number of benzene rings is 1. The second kappa shape index (κ2) is 20.4. The summed E-state index contributed by atoms with van der Waals surface area (Å²) in [6.45, 7) is 5.79. The van der Waals surface area contributed by atoms with Gasteiger partial charge in [-0.1, -0.05) is 48.4 Å². The molecule has 0 aromatic heterocycles. The zero-order valence-corrected chi connectivity index (χ0v) is 34.8. The number of hydrogen-bond donors (Lipinski definition) is 5. The lowest BCUT2D eigenvalue weighted by molar-refractivity contribution is -0.236. The molecule has 3 heterocycles. The lowest BCUT2D eigenvalue weighted by Gasteiger charge is -2.47. The fourth-order valence-corrected chi connectivity index (χ4v) is 7.50. The van der Waals surface area contributed by atoms with Gasteiger partial charge in [0.25, 0.3) is 0 Å². The van der Waals surface area contributed by atoms with Gasteiger partial charge in [0.15, 0.2) is 18.1 Å². The molecule has 10 atom stereocenters. The van der Waals surface area contributed by atoms with Gasteiger partial charge in [0, 0.05) is 47.6 Å². The van der Waals surface area contributed by atoms with Crippen LogP contribution in [0.25, 0.3) is 0 Å². The number of alkyl carbamates (subject to hydrolysis) is 2. The van der Waals surface area contributed by atoms with Crippen LogP contribution in [0.15, 0.2) is 47.6 Å². The van der Waals surface area contributed by atoms with Gasteiger partial charge in [-0.15, -0.1) is 0 Å². The number of hydrogen-bond acceptors (Lipinski definition) is 15. The molecular formula is C39H53ClN4O15. The van der Waals surface area contributed by atoms with Crippen LogP contribution in [0.5, 0.6) is 5.75 Å². The van der Waals surface area contributed by atoms with Crippen molar-refractivity contribution in [3.8, 4) is 5.75 Å². The van der Waals surface area contributed by atoms with Crippen molar-refractivity contribution < 1.29 is 72.1 Å². The number of ether oxygens (including phenoxy) is 8. The van der Waals surface area contributed by atoms with E-state index in [1.807, 2.05) is 6.92 Å². The maximum Gasteiger partial charge on any atom is 0.409 e. The van der Waals surface area contributed by atoms with E-state index in [2.05, 4.69) is 10.6 Å². The first kappa shape index (κ1) is 46.8. The topological polar surface area (TPSA) is 253 Å². The molecule has 3 aliphatic rings. The van der Waals surface area contributed by atoms with Crippen LogP contribution in [0.2, 0.25) is 5.02 Å². The van der Waals surface area contributed by atoms with Crippen molar-refractivity contribution in [2.75, 3.05) is 39.9 Å². The van der Waals surface area contributed by atoms with E-state index in [-0.39, 0.29) is 23.6 Å². The number of nitrogens with one attached hydrogen (secondary N) is 2. The van der Waals surface area contributed by atoms with Gasteiger partial charge in [-0.05, 0) is 43.5 Å². The third-order valence-electron chi connectivity index (χ3n) is 10.2. The minimum absolute atomic E-state index is 0.121. The molecule has 1 aromatic carbocycles. The third-order valence-corrected chi connectivity index (χ3v) is 10.6. The van der Waals surface area contributed by atoms with Gasteiger partial charge in [0.1, 0.15) is 54.0 Å². The lowest BCUT2D eigenvalue weighted by Crippen LogP contribution is -2.66. The van der Waals surface area contributed by atoms with Gasteiger partial charge in [-0.25, -0.2) is 14.4 Å². The van der Waals surface area contributed by atoms with Crippen LogP contribution in [0.3, 0.4) is 0 Å². The minimum Gasteiger partial charge on any atom is -0.506 e. The Hall–Kier alpha value is -4.92. The molecule has 3 aliphatic heterocycles. The number of aromatic hydroxyl groups is 1. The zero-order valence-electron chi connectivity index (χ0n) is 34.1. The maximum absolute atomic E-state index is 14.9. The van der Waals surface area contributed by atoms with Crippen LogP contribution in [-0.4, -0.2) is 130 Å². The first-order chi connectivity index (χ1) is 27.9. The Kier molecular flexibility index (Phi) is 16.1. The van der Waals surface area contributed by atoms with Gasteiger partial charge >= 0.3 is 24.2 Å². The summed E-state index contributed by atoms with van der Waals surface area (Å²) in [4.78, 5) is 65.6. The number of carbonyl (C=O) groups is 5. The molecule has 4 rings (SSSR count). The molecule has 6 N–H and O–H groups in total. The summed E-state index contributed by atoms with van der Waals surface area (Å²) in [5, 5.41) is 27.9. The number of anilines is 1. The van der Waals surface area contributed by atoms with Gasteiger partial charge in [-0.3, -0.25) is 19.8 Å². The molecule has 0 spiro atoms. The van der Waals surface area contributed by atoms with Crippen LogP contribution >= 0.6 is 11.6 Å². The highest BCUT2D eigenvalue weighted by molar-refractivity contribution is 6.35. The number of esters is 1. The molecule has 4 bridgehead atoms. The normalized spacial score (nSPS) is 32.8. The highest BCUT2D eigenvalue weighted by Gasteiger charge is 2.52. The summed E-state index contributed by atoms with van der Waals surface area (Å²) in [5.74, 6) is -2.55. The van der Waals surface area contributed by atoms with E-state index in [1.165, 1.54) is 40.5 Å². The molecule has 19 nitrogen and oxygen atoms in total. The number of halogens is 1. The van der Waals surface area contributed by atoms with Crippen LogP contribution < -0.4 is 21.3 Å². The standard InChI is InChI=1S/C39H53ClN4O15/c1-19-10-9-11-29(52-6)39(54-8)17-27(58-38(51)43-39)21(3)13-20(2)26(57-37(50)42-5)16-30(47)44(24-14-23(12-19)15-25(46)31(24)40)35-32(48)34(53-7)33(59-36(41)49)28(56-35)18-55-22(4)45/h9-11,13-15,21,26-29,32-35,46,48H,12,16-18H2,1-8H3,(H2,41,49)(H,42,50)(H,43,51)/b11-9-,19-10-,20-13-/t21-,26+,27-,28+,29+,32+,33+,34+,35+,39-/m0/s1. The number of primary amides is 1. The monoisotopic (exact) mass is 852 g/mol. The molecule has 1 aromatic rings. The van der Waals surface area contributed by atoms with Crippen LogP contribution in [0.4, 0.5) is 20.1 Å². The Morgan fingerprint density at radius 1 is 1.12 bits per heavy atom. The molecule has 2 fully saturated rings. The first-order valence-corrected chi connectivity index (χ1v) is 19.0. The molecule has 4 amide bonds. The number of rotatable bonds is 8. The molecule has 2 saturated heterocycles. The average molecular weight is 853 g/mol. The number of aliphatic hydroxyl groups excluding tert-OH is 1. The number of methoxy groups -OCH3 is 3. The molecule has 20 heteroatoms. The summed E-state index contributed by atoms with van der Waals surface area (Å²) in [7, 11) is 5.44. The number of amides is 4. The number of nitrogens with zero attached hydrogens (tertiary/aromatic N) is 1. The number of carbonyl (C=O) groups excluding carboxylic acids is 5. The van der Waals surface area contributed by atoms with Gasteiger partial charge in [0.2, 0.25) is 5.91 Å². The molecule has 0 radical (unpaired) electrons. The van der Waals surface area contributed by atoms with Gasteiger partial charge < -0.3 is 59.2 Å². The van der Waals surface area contributed by atoms with E-state index in [0.717, 1.165) is 17.4 Å². The van der Waals surface area contributed by atoms with Gasteiger partial charge in [0.05, 0.1) is 12.1 Å². The number of aliphatic hydroxyl groups is 1. The van der Waals surface area contributed by atoms with Crippen molar-refractivity contribution in [2.24, 2.45) is 11.7 Å². The molecule has 0 saturated carbocycles. The molecule has 59 heavy (non-hydrogen) atoms. The van der Waals surface area contributed by atoms with Crippen molar-refractivity contribution in [1.82, 2.24) is 10.6 Å². The smallest absolute Gasteiger partial charge is 0.409 e. The number of nitrogens with two attached hydrogens (primary N) is 1. The Labute approximate surface area is 346 Å². The van der Waals surface area contributed by atoms with Crippen molar-refractivity contribution in [3.63, 3.8) is 0 Å². The van der Waals surface area contributed by atoms with Crippen molar-refractivity contribution >= 4 is 47.4 Å². The second-order valence-electron chi connectivity index (χ2n) is 14.4. The average Bonchev–Trinajstić information content (AvgIpc) is 3.17. The Morgan fingerprint density at radius 3 is 2.44 bits per heavy atom. The third kappa shape index (κ3) is 11.2. The quantitative estimate of drug-likeness (QED) is 0.143. The number of allylic oxidation sites excluding steroid dienone is 3. The summed E-state index contributed by atoms with van der Waals surface area (Å²) in [6, 6.07) is 2.91. The van der Waals surface area contributed by atoms with Crippen LogP contribution in [0, 0.1) is 5.92 Å². The summed E-state index contributed by atoms with van der Waals surface area (Å²) in [5.41, 5.74) is 5.43. The predicted molar refractivity (Wildman–Crippen MR) is 209 cm³/mol. The molecule has 326 valence electrons. The number of phenols is 1. The molecule has 0 unspecified atom stereocenters. The minimum atomic E-state index is -1.81. The number of fused-ring (bicyclic) bond motifs is 4. The van der Waals surface area contributed by atoms with Crippen LogP contribution in [-0.2, 0) is 53.9 Å². The van der Waals surface area contributed by atoms with Crippen molar-refractivity contribution in [3.05, 3.63) is 58.2 Å². The fourth-order valence-electron chi connectivity index (χ4n) is 7.30. The van der Waals surface area contributed by atoms with E-state index in [4.69, 9.17) is 55.2 Å². The van der Waals surface area contributed by atoms with Crippen LogP contribution in [0.1, 0.15) is 46.1 Å². The van der Waals surface area contributed by atoms with E-state index < -0.39 is 110 Å². The van der Waals surface area contributed by atoms with E-state index in [0.29, 0.717) is 11.1 Å². The van der Waals surface area contributed by atoms with E-state index in [9.17, 15) is 34.2 Å². The molecule has 0 aliphatic carbocycles. The van der Waals surface area contributed by atoms with Gasteiger partial charge in [-0.2, -0.15) is 0 Å². The van der Waals surface area contributed by atoms with E-state index >= 15 is 0 Å². The predicted octanol–water partition coefficient (Wildman–Crippen LogP) is 3.12. The lowest BCUT2D eigenvalue weighted by atomic mass is 9.88. The fraction of sp³-hybridized carbons (Fsp3) is 0.564. The Bertz CT molecular complexity index is 1820. The largest absolute Gasteiger partial charge is 0.506 e. The highest BCUT2D eigenvalue weighted by atomic mass is 35.5. The Morgan fingerprint density at radius 2 is 1.83 bits per heavy atom. The Balaban J connectivity index is 1.96. The highest BCUT2D eigenvalue weighted by Crippen LogP contribution is 2.41. The van der Waals surface area contributed by atoms with E-state index in [1.54, 1.807) is 38.2 Å². The summed E-state index contributed by atoms with van der Waals surface area (Å²) in [6.07, 6.45) is -6.94. The van der Waals surface area contributed by atoms with Crippen molar-refractivity contribution in [1.29, 1.82) is 0 Å². The number of phenolic OH excluding ortho intramolecular Hbond substituents is 1. The SMILES string of the molecule is CNC(=O)O[C@@H]1CC(=O)N([C@@H]2O[C@H](COC(C)=O)[C@@H](OC(N)=O)[C@H](OC)[C@H]2O)c2cc(cc(O)c2Cl)C/C(C)=C\C=C/[C@@H](OC)[C@@]2(OC)C[C@H](OC(=O)N2)[C@@H](C)/C=C\1C. The summed E-state index contributed by atoms with van der Waals surface area (Å²) >= 11 is 6.77. The zero-order chi connectivity index (χ0) is 43.8. The van der Waals surface area contributed by atoms with Crippen molar-refractivity contribution in [2.45, 2.75) is 102 Å². The first-order valence-electron chi connectivity index (χ1n) is 18.6.